The minimum Gasteiger partial charge on any atom is -0.494 e. The normalized spacial score (nSPS) is 23.8. The van der Waals surface area contributed by atoms with Crippen molar-refractivity contribution in [1.29, 1.82) is 0 Å². The second kappa shape index (κ2) is 5.67. The molecule has 1 heterocycles. The number of ether oxygens (including phenoxy) is 1. The summed E-state index contributed by atoms with van der Waals surface area (Å²) in [4.78, 5) is 0. The van der Waals surface area contributed by atoms with Gasteiger partial charge >= 0.3 is 0 Å². The molecule has 19 heavy (non-hydrogen) atoms. The highest BCUT2D eigenvalue weighted by Gasteiger charge is 2.35. The molecule has 106 valence electrons. The molecule has 0 bridgehead atoms. The number of benzene rings is 1. The van der Waals surface area contributed by atoms with Crippen LogP contribution in [0, 0.1) is 5.82 Å². The van der Waals surface area contributed by atoms with E-state index in [9.17, 15) is 12.8 Å². The van der Waals surface area contributed by atoms with E-state index in [4.69, 9.17) is 16.3 Å². The fourth-order valence-corrected chi connectivity index (χ4v) is 5.07. The summed E-state index contributed by atoms with van der Waals surface area (Å²) < 4.78 is 42.5. The molecule has 1 aromatic carbocycles. The minimum atomic E-state index is -3.19. The van der Waals surface area contributed by atoms with Gasteiger partial charge in [0, 0.05) is 0 Å². The van der Waals surface area contributed by atoms with Gasteiger partial charge in [-0.3, -0.25) is 0 Å². The smallest absolute Gasteiger partial charge is 0.165 e. The highest BCUT2D eigenvalue weighted by molar-refractivity contribution is 7.92. The second-order valence-electron chi connectivity index (χ2n) is 4.70. The average molecular weight is 307 g/mol. The van der Waals surface area contributed by atoms with Gasteiger partial charge in [-0.1, -0.05) is 12.5 Å². The zero-order valence-corrected chi connectivity index (χ0v) is 12.2. The number of sulfone groups is 1. The molecular weight excluding hydrogens is 291 g/mol. The van der Waals surface area contributed by atoms with Crippen molar-refractivity contribution in [2.45, 2.75) is 29.9 Å². The zero-order valence-electron chi connectivity index (χ0n) is 10.6. The maximum absolute atomic E-state index is 13.6. The molecule has 3 nitrogen and oxygen atoms in total. The van der Waals surface area contributed by atoms with Gasteiger partial charge in [0.15, 0.2) is 21.4 Å². The Morgan fingerprint density at radius 1 is 1.42 bits per heavy atom. The number of hydrogen-bond donors (Lipinski definition) is 0. The van der Waals surface area contributed by atoms with Crippen LogP contribution in [-0.4, -0.2) is 26.5 Å². The number of hydrogen-bond acceptors (Lipinski definition) is 3. The maximum Gasteiger partial charge on any atom is 0.165 e. The van der Waals surface area contributed by atoms with E-state index in [1.807, 2.05) is 0 Å². The molecule has 1 saturated heterocycles. The van der Waals surface area contributed by atoms with Gasteiger partial charge < -0.3 is 4.74 Å². The zero-order chi connectivity index (χ0) is 14.0. The fraction of sp³-hybridized carbons (Fsp3) is 0.538. The summed E-state index contributed by atoms with van der Waals surface area (Å²) in [7, 11) is -1.81. The van der Waals surface area contributed by atoms with Gasteiger partial charge in [-0.05, 0) is 30.5 Å². The van der Waals surface area contributed by atoms with Gasteiger partial charge in [-0.2, -0.15) is 0 Å². The largest absolute Gasteiger partial charge is 0.494 e. The Morgan fingerprint density at radius 2 is 2.16 bits per heavy atom. The molecular formula is C13H16ClFO3S. The van der Waals surface area contributed by atoms with Crippen LogP contribution in [0.3, 0.4) is 0 Å². The summed E-state index contributed by atoms with van der Waals surface area (Å²) in [6, 6.07) is 4.33. The van der Waals surface area contributed by atoms with Crippen LogP contribution in [0.4, 0.5) is 4.39 Å². The Kier molecular flexibility index (Phi) is 4.36. The van der Waals surface area contributed by atoms with E-state index in [2.05, 4.69) is 0 Å². The molecule has 0 radical (unpaired) electrons. The van der Waals surface area contributed by atoms with Crippen LogP contribution in [0.25, 0.3) is 0 Å². The van der Waals surface area contributed by atoms with Gasteiger partial charge in [-0.25, -0.2) is 12.8 Å². The molecule has 0 aromatic heterocycles. The molecule has 0 amide bonds. The lowest BCUT2D eigenvalue weighted by atomic mass is 10.0. The van der Waals surface area contributed by atoms with E-state index in [1.54, 1.807) is 6.07 Å². The predicted octanol–water partition coefficient (Wildman–Crippen LogP) is 3.08. The van der Waals surface area contributed by atoms with Crippen molar-refractivity contribution in [3.63, 3.8) is 0 Å². The van der Waals surface area contributed by atoms with Crippen LogP contribution in [0.5, 0.6) is 5.75 Å². The van der Waals surface area contributed by atoms with Crippen LogP contribution in [-0.2, 0) is 9.84 Å². The van der Waals surface area contributed by atoms with Crippen LogP contribution in [0.15, 0.2) is 18.2 Å². The number of methoxy groups -OCH3 is 1. The van der Waals surface area contributed by atoms with Crippen LogP contribution in [0.1, 0.15) is 30.2 Å². The van der Waals surface area contributed by atoms with Crippen LogP contribution in [0.2, 0.25) is 0 Å². The fourth-order valence-electron chi connectivity index (χ4n) is 2.38. The van der Waals surface area contributed by atoms with Crippen LogP contribution < -0.4 is 4.74 Å². The highest BCUT2D eigenvalue weighted by atomic mass is 35.5. The first-order chi connectivity index (χ1) is 8.95. The molecule has 2 unspecified atom stereocenters. The lowest BCUT2D eigenvalue weighted by Crippen LogP contribution is -2.31. The van der Waals surface area contributed by atoms with E-state index in [-0.39, 0.29) is 11.5 Å². The molecule has 1 aliphatic rings. The lowest BCUT2D eigenvalue weighted by molar-refractivity contribution is 0.386. The quantitative estimate of drug-likeness (QED) is 0.806. The molecule has 0 spiro atoms. The van der Waals surface area contributed by atoms with Crippen molar-refractivity contribution in [3.8, 4) is 5.75 Å². The Bertz CT molecular complexity index is 559. The van der Waals surface area contributed by atoms with Crippen molar-refractivity contribution in [2.24, 2.45) is 0 Å². The van der Waals surface area contributed by atoms with E-state index >= 15 is 0 Å². The third-order valence-electron chi connectivity index (χ3n) is 3.45. The maximum atomic E-state index is 13.6. The molecule has 0 saturated carbocycles. The van der Waals surface area contributed by atoms with E-state index in [1.165, 1.54) is 19.2 Å². The summed E-state index contributed by atoms with van der Waals surface area (Å²) in [5.41, 5.74) is 0.482. The Morgan fingerprint density at radius 3 is 2.74 bits per heavy atom. The average Bonchev–Trinajstić information content (AvgIpc) is 2.37. The molecule has 1 aliphatic heterocycles. The van der Waals surface area contributed by atoms with E-state index in [0.29, 0.717) is 18.4 Å². The number of halogens is 2. The minimum absolute atomic E-state index is 0.124. The molecule has 6 heteroatoms. The Hall–Kier alpha value is -0.810. The van der Waals surface area contributed by atoms with Crippen molar-refractivity contribution < 1.29 is 17.5 Å². The van der Waals surface area contributed by atoms with Crippen molar-refractivity contribution >= 4 is 21.4 Å². The summed E-state index contributed by atoms with van der Waals surface area (Å²) in [5, 5.41) is -1.35. The topological polar surface area (TPSA) is 43.4 Å². The SMILES string of the molecule is COc1ccc(C(Cl)C2CCCCS2(=O)=O)cc1F. The molecule has 0 N–H and O–H groups in total. The van der Waals surface area contributed by atoms with E-state index < -0.39 is 26.3 Å². The first-order valence-electron chi connectivity index (χ1n) is 6.15. The summed E-state index contributed by atoms with van der Waals surface area (Å²) >= 11 is 6.25. The van der Waals surface area contributed by atoms with Gasteiger partial charge in [0.1, 0.15) is 0 Å². The summed E-state index contributed by atoms with van der Waals surface area (Å²) in [5.74, 6) is -0.238. The monoisotopic (exact) mass is 306 g/mol. The Labute approximate surface area is 117 Å². The lowest BCUT2D eigenvalue weighted by Gasteiger charge is -2.26. The number of alkyl halides is 1. The summed E-state index contributed by atoms with van der Waals surface area (Å²) in [6.07, 6.45) is 2.05. The van der Waals surface area contributed by atoms with Gasteiger partial charge in [-0.15, -0.1) is 11.6 Å². The van der Waals surface area contributed by atoms with Gasteiger partial charge in [0.2, 0.25) is 0 Å². The molecule has 2 rings (SSSR count). The highest BCUT2D eigenvalue weighted by Crippen LogP contribution is 2.36. The molecule has 1 aromatic rings. The number of rotatable bonds is 3. The van der Waals surface area contributed by atoms with Gasteiger partial charge in [0.25, 0.3) is 0 Å². The van der Waals surface area contributed by atoms with Crippen molar-refractivity contribution in [3.05, 3.63) is 29.6 Å². The van der Waals surface area contributed by atoms with Crippen LogP contribution >= 0.6 is 11.6 Å². The van der Waals surface area contributed by atoms with Crippen molar-refractivity contribution in [2.75, 3.05) is 12.9 Å². The third kappa shape index (κ3) is 3.03. The third-order valence-corrected chi connectivity index (χ3v) is 6.44. The molecule has 2 atom stereocenters. The first-order valence-corrected chi connectivity index (χ1v) is 8.30. The van der Waals surface area contributed by atoms with E-state index in [0.717, 1.165) is 6.42 Å². The van der Waals surface area contributed by atoms with Crippen molar-refractivity contribution in [1.82, 2.24) is 0 Å². The predicted molar refractivity (Wildman–Crippen MR) is 73.0 cm³/mol. The molecule has 0 aliphatic carbocycles. The molecule has 1 fully saturated rings. The van der Waals surface area contributed by atoms with Gasteiger partial charge in [0.05, 0.1) is 23.5 Å². The summed E-state index contributed by atoms with van der Waals surface area (Å²) in [6.45, 7) is 0. The first kappa shape index (κ1) is 14.6. The Balaban J connectivity index is 2.28. The standard InChI is InChI=1S/C13H16ClFO3S/c1-18-11-6-5-9(8-10(11)15)13(14)12-4-2-3-7-19(12,16)17/h5-6,8,12-13H,2-4,7H2,1H3. The second-order valence-corrected chi connectivity index (χ2v) is 7.51.